The second-order valence-electron chi connectivity index (χ2n) is 4.33. The van der Waals surface area contributed by atoms with Gasteiger partial charge < -0.3 is 20.3 Å². The van der Waals surface area contributed by atoms with Gasteiger partial charge in [0.05, 0.1) is 12.5 Å². The molecule has 1 amide bonds. The zero-order valence-electron chi connectivity index (χ0n) is 8.76. The number of nitrogens with one attached hydrogen (secondary N) is 1. The predicted molar refractivity (Wildman–Crippen MR) is 52.8 cm³/mol. The minimum absolute atomic E-state index is 0.00610. The summed E-state index contributed by atoms with van der Waals surface area (Å²) in [6.45, 7) is 0.0224. The summed E-state index contributed by atoms with van der Waals surface area (Å²) >= 11 is 0. The highest BCUT2D eigenvalue weighted by Gasteiger charge is 2.48. The van der Waals surface area contributed by atoms with Crippen molar-refractivity contribution in [3.63, 3.8) is 0 Å². The number of aliphatic hydroxyl groups excluding tert-OH is 1. The molecule has 5 heteroatoms. The number of hydrogen-bond acceptors (Lipinski definition) is 4. The van der Waals surface area contributed by atoms with Crippen LogP contribution in [-0.4, -0.2) is 30.1 Å². The lowest BCUT2D eigenvalue weighted by Gasteiger charge is -2.27. The van der Waals surface area contributed by atoms with Gasteiger partial charge in [0, 0.05) is 18.4 Å². The Morgan fingerprint density at radius 1 is 1.31 bits per heavy atom. The number of allylic oxidation sites excluding steroid dienone is 2. The first-order valence-electron chi connectivity index (χ1n) is 5.43. The standard InChI is InChI=1S/C11H15NO4/c13-4-3-12-10(14)8-6-1-2-7(5-6)9(8)11(15)16/h1-2,6-9,13H,3-5H2,(H,12,14)(H,15,16)/p-1/t6-,7-,8-,9+/m1/s1. The van der Waals surface area contributed by atoms with Crippen LogP contribution >= 0.6 is 0 Å². The molecule has 2 rings (SSSR count). The average Bonchev–Trinajstić information content (AvgIpc) is 2.84. The summed E-state index contributed by atoms with van der Waals surface area (Å²) in [5.41, 5.74) is 0. The van der Waals surface area contributed by atoms with Crippen LogP contribution in [0.3, 0.4) is 0 Å². The van der Waals surface area contributed by atoms with Gasteiger partial charge in [-0.15, -0.1) is 0 Å². The molecule has 0 heterocycles. The van der Waals surface area contributed by atoms with Crippen molar-refractivity contribution in [2.75, 3.05) is 13.2 Å². The minimum atomic E-state index is -1.15. The highest BCUT2D eigenvalue weighted by Crippen LogP contribution is 2.47. The molecule has 0 unspecified atom stereocenters. The van der Waals surface area contributed by atoms with E-state index >= 15 is 0 Å². The van der Waals surface area contributed by atoms with Gasteiger partial charge in [0.15, 0.2) is 0 Å². The van der Waals surface area contributed by atoms with Crippen LogP contribution in [0, 0.1) is 23.7 Å². The number of carboxylic acid groups (broad SMARTS) is 1. The van der Waals surface area contributed by atoms with Gasteiger partial charge in [0.2, 0.25) is 5.91 Å². The SMILES string of the molecule is O=C([O-])[C@@H]1[C@H](C(=O)NCCO)[C@@H]2C=C[C@@H]1C2. The quantitative estimate of drug-likeness (QED) is 0.556. The zero-order chi connectivity index (χ0) is 11.7. The summed E-state index contributed by atoms with van der Waals surface area (Å²) in [7, 11) is 0. The molecule has 0 radical (unpaired) electrons. The van der Waals surface area contributed by atoms with Crippen LogP contribution < -0.4 is 10.4 Å². The Morgan fingerprint density at radius 3 is 2.50 bits per heavy atom. The normalized spacial score (nSPS) is 35.3. The molecule has 4 atom stereocenters. The van der Waals surface area contributed by atoms with Gasteiger partial charge in [-0.25, -0.2) is 0 Å². The number of carboxylic acids is 1. The van der Waals surface area contributed by atoms with Crippen molar-refractivity contribution in [3.8, 4) is 0 Å². The molecule has 2 bridgehead atoms. The highest BCUT2D eigenvalue weighted by molar-refractivity contribution is 5.86. The van der Waals surface area contributed by atoms with Gasteiger partial charge >= 0.3 is 0 Å². The first-order chi connectivity index (χ1) is 7.65. The lowest BCUT2D eigenvalue weighted by Crippen LogP contribution is -2.45. The zero-order valence-corrected chi connectivity index (χ0v) is 8.76. The maximum atomic E-state index is 11.8. The molecule has 2 N–H and O–H groups in total. The van der Waals surface area contributed by atoms with E-state index in [4.69, 9.17) is 5.11 Å². The van der Waals surface area contributed by atoms with Gasteiger partial charge in [0.1, 0.15) is 0 Å². The van der Waals surface area contributed by atoms with E-state index in [-0.39, 0.29) is 30.9 Å². The number of hydrogen-bond donors (Lipinski definition) is 2. The number of carbonyl (C=O) groups is 2. The predicted octanol–water partition coefficient (Wildman–Crippen LogP) is -1.72. The largest absolute Gasteiger partial charge is 0.550 e. The van der Waals surface area contributed by atoms with Crippen molar-refractivity contribution in [2.45, 2.75) is 6.42 Å². The van der Waals surface area contributed by atoms with Crippen molar-refractivity contribution < 1.29 is 19.8 Å². The molecular weight excluding hydrogens is 210 g/mol. The monoisotopic (exact) mass is 224 g/mol. The fourth-order valence-corrected chi connectivity index (χ4v) is 2.80. The number of rotatable bonds is 4. The smallest absolute Gasteiger partial charge is 0.224 e. The Balaban J connectivity index is 2.10. The Hall–Kier alpha value is -1.36. The molecule has 16 heavy (non-hydrogen) atoms. The number of fused-ring (bicyclic) bond motifs is 2. The molecule has 1 fully saturated rings. The summed E-state index contributed by atoms with van der Waals surface area (Å²) < 4.78 is 0. The van der Waals surface area contributed by atoms with Crippen LogP contribution in [0.25, 0.3) is 0 Å². The lowest BCUT2D eigenvalue weighted by molar-refractivity contribution is -0.313. The Bertz CT molecular complexity index is 339. The summed E-state index contributed by atoms with van der Waals surface area (Å²) in [6.07, 6.45) is 4.49. The topological polar surface area (TPSA) is 89.5 Å². The van der Waals surface area contributed by atoms with E-state index in [2.05, 4.69) is 5.32 Å². The summed E-state index contributed by atoms with van der Waals surface area (Å²) in [6, 6.07) is 0. The highest BCUT2D eigenvalue weighted by atomic mass is 16.4. The van der Waals surface area contributed by atoms with Crippen LogP contribution in [-0.2, 0) is 9.59 Å². The van der Waals surface area contributed by atoms with Gasteiger partial charge in [-0.05, 0) is 18.3 Å². The second kappa shape index (κ2) is 4.25. The maximum absolute atomic E-state index is 11.8. The third-order valence-electron chi connectivity index (χ3n) is 3.45. The van der Waals surface area contributed by atoms with Gasteiger partial charge in [-0.3, -0.25) is 4.79 Å². The van der Waals surface area contributed by atoms with Gasteiger partial charge in [-0.1, -0.05) is 12.2 Å². The third-order valence-corrected chi connectivity index (χ3v) is 3.45. The summed E-state index contributed by atoms with van der Waals surface area (Å²) in [5.74, 6) is -2.76. The summed E-state index contributed by atoms with van der Waals surface area (Å²) in [5, 5.41) is 22.1. The van der Waals surface area contributed by atoms with Crippen molar-refractivity contribution >= 4 is 11.9 Å². The van der Waals surface area contributed by atoms with E-state index < -0.39 is 17.8 Å². The van der Waals surface area contributed by atoms with Crippen molar-refractivity contribution in [2.24, 2.45) is 23.7 Å². The van der Waals surface area contributed by atoms with Crippen molar-refractivity contribution in [3.05, 3.63) is 12.2 Å². The lowest BCUT2D eigenvalue weighted by atomic mass is 9.82. The molecule has 0 spiro atoms. The van der Waals surface area contributed by atoms with E-state index in [1.165, 1.54) is 0 Å². The molecule has 5 nitrogen and oxygen atoms in total. The fourth-order valence-electron chi connectivity index (χ4n) is 2.80. The molecule has 0 aliphatic heterocycles. The van der Waals surface area contributed by atoms with Crippen molar-refractivity contribution in [1.29, 1.82) is 0 Å². The molecule has 0 aromatic carbocycles. The van der Waals surface area contributed by atoms with Crippen LogP contribution in [0.15, 0.2) is 12.2 Å². The van der Waals surface area contributed by atoms with Gasteiger partial charge in [-0.2, -0.15) is 0 Å². The van der Waals surface area contributed by atoms with Gasteiger partial charge in [0.25, 0.3) is 0 Å². The third kappa shape index (κ3) is 1.71. The first-order valence-corrected chi connectivity index (χ1v) is 5.43. The molecule has 0 aromatic rings. The Morgan fingerprint density at radius 2 is 1.94 bits per heavy atom. The van der Waals surface area contributed by atoms with E-state index in [0.29, 0.717) is 0 Å². The molecule has 0 aromatic heterocycles. The number of amides is 1. The molecule has 0 saturated heterocycles. The van der Waals surface area contributed by atoms with Crippen LogP contribution in [0.5, 0.6) is 0 Å². The Kier molecular flexibility index (Phi) is 2.96. The van der Waals surface area contributed by atoms with E-state index in [0.717, 1.165) is 6.42 Å². The second-order valence-corrected chi connectivity index (χ2v) is 4.33. The summed E-state index contributed by atoms with van der Waals surface area (Å²) in [4.78, 5) is 22.8. The molecule has 1 saturated carbocycles. The molecule has 88 valence electrons. The number of carbonyl (C=O) groups excluding carboxylic acids is 2. The van der Waals surface area contributed by atoms with Crippen LogP contribution in [0.4, 0.5) is 0 Å². The van der Waals surface area contributed by atoms with E-state index in [1.54, 1.807) is 0 Å². The Labute approximate surface area is 93.1 Å². The number of aliphatic carboxylic acids is 1. The van der Waals surface area contributed by atoms with Crippen LogP contribution in [0.2, 0.25) is 0 Å². The minimum Gasteiger partial charge on any atom is -0.550 e. The molecule has 2 aliphatic rings. The van der Waals surface area contributed by atoms with E-state index in [1.807, 2.05) is 12.2 Å². The average molecular weight is 224 g/mol. The maximum Gasteiger partial charge on any atom is 0.224 e. The fraction of sp³-hybridized carbons (Fsp3) is 0.636. The van der Waals surface area contributed by atoms with Crippen LogP contribution in [0.1, 0.15) is 6.42 Å². The van der Waals surface area contributed by atoms with Crippen molar-refractivity contribution in [1.82, 2.24) is 5.32 Å². The number of aliphatic hydroxyl groups is 1. The molecule has 2 aliphatic carbocycles. The molecular formula is C11H14NO4-. The first kappa shape index (κ1) is 11.1. The van der Waals surface area contributed by atoms with E-state index in [9.17, 15) is 14.7 Å².